The van der Waals surface area contributed by atoms with Gasteiger partial charge in [0.1, 0.15) is 24.2 Å². The summed E-state index contributed by atoms with van der Waals surface area (Å²) in [6, 6.07) is 6.86. The average Bonchev–Trinajstić information content (AvgIpc) is 2.96. The number of nitrogens with one attached hydrogen (secondary N) is 3. The van der Waals surface area contributed by atoms with Gasteiger partial charge in [-0.05, 0) is 57.2 Å². The second-order valence-corrected chi connectivity index (χ2v) is 11.8. The molecule has 3 N–H and O–H groups in total. The lowest BCUT2D eigenvalue weighted by atomic mass is 9.89. The molecule has 42 heavy (non-hydrogen) atoms. The summed E-state index contributed by atoms with van der Waals surface area (Å²) in [5.41, 5.74) is 4.18. The largest absolute Gasteiger partial charge is 0.455 e. The number of cyclic esters (lactones) is 1. The Morgan fingerprint density at radius 2 is 1.86 bits per heavy atom. The molecule has 2 aliphatic heterocycles. The van der Waals surface area contributed by atoms with Crippen LogP contribution < -0.4 is 16.1 Å². The van der Waals surface area contributed by atoms with Gasteiger partial charge in [-0.2, -0.15) is 0 Å². The zero-order chi connectivity index (χ0) is 30.6. The Morgan fingerprint density at radius 3 is 2.57 bits per heavy atom. The maximum Gasteiger partial charge on any atom is 0.325 e. The summed E-state index contributed by atoms with van der Waals surface area (Å²) in [5, 5.41) is 7.88. The second kappa shape index (κ2) is 13.0. The Bertz CT molecular complexity index is 1370. The van der Waals surface area contributed by atoms with Crippen LogP contribution in [0.4, 0.5) is 0 Å². The van der Waals surface area contributed by atoms with Crippen molar-refractivity contribution in [2.75, 3.05) is 20.3 Å². The van der Waals surface area contributed by atoms with Crippen LogP contribution in [0.15, 0.2) is 36.4 Å². The summed E-state index contributed by atoms with van der Waals surface area (Å²) in [4.78, 5) is 58.2. The van der Waals surface area contributed by atoms with Gasteiger partial charge in [-0.25, -0.2) is 10.4 Å². The Hall–Kier alpha value is -3.83. The maximum atomic E-state index is 13.5. The van der Waals surface area contributed by atoms with Crippen molar-refractivity contribution in [2.24, 2.45) is 11.3 Å². The lowest BCUT2D eigenvalue weighted by Gasteiger charge is -2.35. The first-order valence-electron chi connectivity index (χ1n) is 14.4. The number of amides is 3. The Morgan fingerprint density at radius 1 is 1.12 bits per heavy atom. The van der Waals surface area contributed by atoms with Crippen LogP contribution in [0, 0.1) is 11.3 Å². The van der Waals surface area contributed by atoms with Crippen molar-refractivity contribution in [3.63, 3.8) is 0 Å². The predicted molar refractivity (Wildman–Crippen MR) is 158 cm³/mol. The summed E-state index contributed by atoms with van der Waals surface area (Å²) >= 11 is 0. The van der Waals surface area contributed by atoms with E-state index < -0.39 is 47.4 Å². The summed E-state index contributed by atoms with van der Waals surface area (Å²) in [7, 11) is 1.43. The van der Waals surface area contributed by atoms with E-state index >= 15 is 0 Å². The third kappa shape index (κ3) is 7.14. The molecule has 1 aromatic carbocycles. The van der Waals surface area contributed by atoms with Crippen molar-refractivity contribution < 1.29 is 28.7 Å². The molecule has 2 aliphatic rings. The first-order chi connectivity index (χ1) is 19.9. The molecule has 1 unspecified atom stereocenters. The summed E-state index contributed by atoms with van der Waals surface area (Å²) in [6.45, 7) is 9.19. The van der Waals surface area contributed by atoms with Crippen molar-refractivity contribution >= 4 is 40.7 Å². The van der Waals surface area contributed by atoms with Crippen LogP contribution in [-0.4, -0.2) is 72.1 Å². The minimum atomic E-state index is -1.04. The highest BCUT2D eigenvalue weighted by atomic mass is 16.5. The maximum absolute atomic E-state index is 13.5. The number of benzene rings is 1. The van der Waals surface area contributed by atoms with Gasteiger partial charge in [-0.3, -0.25) is 24.2 Å². The number of aromatic nitrogens is 1. The first-order valence-corrected chi connectivity index (χ1v) is 14.4. The fraction of sp³-hybridized carbons (Fsp3) is 0.516. The minimum absolute atomic E-state index is 0.0888. The van der Waals surface area contributed by atoms with Gasteiger partial charge in [-0.15, -0.1) is 0 Å². The topological polar surface area (TPSA) is 139 Å². The van der Waals surface area contributed by atoms with Gasteiger partial charge in [0.15, 0.2) is 0 Å². The van der Waals surface area contributed by atoms with E-state index in [0.29, 0.717) is 25.1 Å². The lowest BCUT2D eigenvalue weighted by Crippen LogP contribution is -2.62. The van der Waals surface area contributed by atoms with Crippen molar-refractivity contribution in [2.45, 2.75) is 71.7 Å². The van der Waals surface area contributed by atoms with E-state index in [1.807, 2.05) is 50.3 Å². The van der Waals surface area contributed by atoms with Gasteiger partial charge in [0.2, 0.25) is 11.8 Å². The van der Waals surface area contributed by atoms with Gasteiger partial charge in [-0.1, -0.05) is 44.2 Å². The van der Waals surface area contributed by atoms with E-state index in [0.717, 1.165) is 16.5 Å². The molecule has 2 aromatic rings. The summed E-state index contributed by atoms with van der Waals surface area (Å²) < 4.78 is 11.0. The first kappa shape index (κ1) is 31.1. The zero-order valence-electron chi connectivity index (χ0n) is 25.1. The zero-order valence-corrected chi connectivity index (χ0v) is 25.1. The number of nitrogens with zero attached hydrogens (tertiary/aromatic N) is 2. The molecular weight excluding hydrogens is 538 g/mol. The molecule has 226 valence electrons. The highest BCUT2D eigenvalue weighted by molar-refractivity contribution is 5.94. The molecule has 3 heterocycles. The Balaban J connectivity index is 1.72. The van der Waals surface area contributed by atoms with E-state index in [4.69, 9.17) is 14.5 Å². The van der Waals surface area contributed by atoms with E-state index in [-0.39, 0.29) is 18.4 Å². The number of hydrogen-bond acceptors (Lipinski definition) is 8. The quantitative estimate of drug-likeness (QED) is 0.472. The molecule has 1 saturated heterocycles. The third-order valence-corrected chi connectivity index (χ3v) is 7.65. The van der Waals surface area contributed by atoms with Crippen LogP contribution in [0.5, 0.6) is 0 Å². The molecule has 11 heteroatoms. The van der Waals surface area contributed by atoms with Gasteiger partial charge in [0.25, 0.3) is 5.91 Å². The minimum Gasteiger partial charge on any atom is -0.455 e. The van der Waals surface area contributed by atoms with Gasteiger partial charge in [0, 0.05) is 19.0 Å². The summed E-state index contributed by atoms with van der Waals surface area (Å²) in [5.74, 6) is -2.05. The van der Waals surface area contributed by atoms with Crippen molar-refractivity contribution in [3.8, 4) is 0 Å². The fourth-order valence-corrected chi connectivity index (χ4v) is 4.95. The highest BCUT2D eigenvalue weighted by Crippen LogP contribution is 2.25. The van der Waals surface area contributed by atoms with Crippen molar-refractivity contribution in [1.29, 1.82) is 0 Å². The summed E-state index contributed by atoms with van der Waals surface area (Å²) in [6.07, 6.45) is 4.04. The third-order valence-electron chi connectivity index (χ3n) is 7.65. The standard InChI is InChI=1S/C31H41N5O6/c1-18(2)26-27(37)33-25(17-41-6)28(38)36-15-7-8-23(35-36)29(39)42-19(3)22-12-11-21-10-9-20(16-24(21)32-22)13-14-31(4,5)30(40)34-26/h9-14,16,18-19,23,25-26,35H,7-8,15,17H2,1-6H3,(H,33,37)(H,34,40)/b14-13+/t19-,23+,25?,26+/m1/s1. The van der Waals surface area contributed by atoms with E-state index in [2.05, 4.69) is 16.1 Å². The molecule has 11 nitrogen and oxygen atoms in total. The lowest BCUT2D eigenvalue weighted by molar-refractivity contribution is -0.157. The Kier molecular flexibility index (Phi) is 9.63. The van der Waals surface area contributed by atoms with Crippen LogP contribution >= 0.6 is 0 Å². The second-order valence-electron chi connectivity index (χ2n) is 11.8. The van der Waals surface area contributed by atoms with Gasteiger partial charge in [0.05, 0.1) is 23.2 Å². The van der Waals surface area contributed by atoms with E-state index in [1.165, 1.54) is 12.1 Å². The molecule has 1 aromatic heterocycles. The van der Waals surface area contributed by atoms with E-state index in [9.17, 15) is 19.2 Å². The molecule has 4 rings (SSSR count). The fourth-order valence-electron chi connectivity index (χ4n) is 4.95. The number of hydrazine groups is 1. The molecule has 1 fully saturated rings. The molecule has 5 bridgehead atoms. The number of carbonyl (C=O) groups is 4. The van der Waals surface area contributed by atoms with Crippen LogP contribution in [0.2, 0.25) is 0 Å². The molecule has 4 atom stereocenters. The smallest absolute Gasteiger partial charge is 0.325 e. The SMILES string of the molecule is COCC1NC(=O)[C@H](C(C)C)NC(=O)C(C)(C)/C=C/c2ccc3ccc(nc3c2)[C@@H](C)OC(=O)[C@@H]2CCCN(N2)C1=O. The van der Waals surface area contributed by atoms with Crippen LogP contribution in [-0.2, 0) is 28.7 Å². The van der Waals surface area contributed by atoms with Gasteiger partial charge < -0.3 is 20.1 Å². The molecule has 0 saturated carbocycles. The Labute approximate surface area is 246 Å². The van der Waals surface area contributed by atoms with Gasteiger partial charge >= 0.3 is 5.97 Å². The number of rotatable bonds is 3. The van der Waals surface area contributed by atoms with Crippen LogP contribution in [0.3, 0.4) is 0 Å². The predicted octanol–water partition coefficient (Wildman–Crippen LogP) is 2.66. The molecule has 0 spiro atoms. The number of hydrogen-bond donors (Lipinski definition) is 3. The number of ether oxygens (including phenoxy) is 2. The number of carbonyl (C=O) groups excluding carboxylic acids is 4. The molecule has 3 amide bonds. The van der Waals surface area contributed by atoms with Crippen molar-refractivity contribution in [1.82, 2.24) is 26.1 Å². The van der Waals surface area contributed by atoms with Crippen LogP contribution in [0.1, 0.15) is 64.8 Å². The molecule has 0 radical (unpaired) electrons. The number of methoxy groups -OCH3 is 1. The van der Waals surface area contributed by atoms with Crippen LogP contribution in [0.25, 0.3) is 17.0 Å². The highest BCUT2D eigenvalue weighted by Gasteiger charge is 2.36. The molecular formula is C31H41N5O6. The van der Waals surface area contributed by atoms with Crippen molar-refractivity contribution in [3.05, 3.63) is 47.7 Å². The van der Waals surface area contributed by atoms with E-state index in [1.54, 1.807) is 26.8 Å². The molecule has 0 aliphatic carbocycles. The number of esters is 1. The number of fused-ring (bicyclic) bond motifs is 4. The average molecular weight is 580 g/mol. The monoisotopic (exact) mass is 579 g/mol. The number of pyridine rings is 1. The normalized spacial score (nSPS) is 26.5.